The van der Waals surface area contributed by atoms with Gasteiger partial charge in [0.2, 0.25) is 0 Å². The molecule has 0 aliphatic carbocycles. The largest absolute Gasteiger partial charge is 0.508 e. The minimum absolute atomic E-state index is 0.416. The Hall–Kier alpha value is -1.06. The summed E-state index contributed by atoms with van der Waals surface area (Å²) in [5, 5.41) is 13.7. The average Bonchev–Trinajstić information content (AvgIpc) is 2.40. The lowest BCUT2D eigenvalue weighted by Crippen LogP contribution is -2.58. The van der Waals surface area contributed by atoms with Crippen LogP contribution in [0.1, 0.15) is 39.7 Å². The number of hydrogen-bond donors (Lipinski definition) is 2. The number of rotatable bonds is 5. The van der Waals surface area contributed by atoms with Crippen LogP contribution in [0.25, 0.3) is 0 Å². The molecule has 0 radical (unpaired) electrons. The molecular formula is C18H30N2O. The summed E-state index contributed by atoms with van der Waals surface area (Å²) < 4.78 is 0. The molecule has 21 heavy (non-hydrogen) atoms. The molecule has 1 aliphatic rings. The monoisotopic (exact) mass is 290 g/mol. The summed E-state index contributed by atoms with van der Waals surface area (Å²) in [5.41, 5.74) is 1.04. The fraction of sp³-hybridized carbons (Fsp3) is 0.667. The topological polar surface area (TPSA) is 35.5 Å². The predicted molar refractivity (Wildman–Crippen MR) is 88.4 cm³/mol. The number of para-hydroxylation sites is 1. The normalized spacial score (nSPS) is 23.9. The fourth-order valence-electron chi connectivity index (χ4n) is 3.33. The maximum atomic E-state index is 10.0. The quantitative estimate of drug-likeness (QED) is 0.874. The molecule has 0 aromatic heterocycles. The van der Waals surface area contributed by atoms with E-state index >= 15 is 0 Å². The first-order valence-corrected chi connectivity index (χ1v) is 8.21. The third-order valence-corrected chi connectivity index (χ3v) is 4.43. The van der Waals surface area contributed by atoms with Gasteiger partial charge in [-0.2, -0.15) is 0 Å². The van der Waals surface area contributed by atoms with Gasteiger partial charge in [0, 0.05) is 37.3 Å². The molecule has 2 N–H and O–H groups in total. The Labute approximate surface area is 129 Å². The minimum Gasteiger partial charge on any atom is -0.508 e. The van der Waals surface area contributed by atoms with Crippen molar-refractivity contribution in [2.45, 2.75) is 52.7 Å². The van der Waals surface area contributed by atoms with Gasteiger partial charge in [-0.1, -0.05) is 45.9 Å². The van der Waals surface area contributed by atoms with Gasteiger partial charge in [0.15, 0.2) is 0 Å². The van der Waals surface area contributed by atoms with Gasteiger partial charge in [0.25, 0.3) is 0 Å². The molecule has 1 fully saturated rings. The van der Waals surface area contributed by atoms with Gasteiger partial charge in [-0.3, -0.25) is 4.90 Å². The van der Waals surface area contributed by atoms with Crippen molar-refractivity contribution in [1.82, 2.24) is 10.2 Å². The molecule has 0 bridgehead atoms. The molecule has 2 rings (SSSR count). The molecular weight excluding hydrogens is 260 g/mol. The molecule has 1 aromatic rings. The number of aromatic hydroxyl groups is 1. The zero-order chi connectivity index (χ0) is 15.4. The van der Waals surface area contributed by atoms with Gasteiger partial charge >= 0.3 is 0 Å². The van der Waals surface area contributed by atoms with Crippen LogP contribution < -0.4 is 5.32 Å². The van der Waals surface area contributed by atoms with Gasteiger partial charge < -0.3 is 10.4 Å². The first kappa shape index (κ1) is 16.3. The van der Waals surface area contributed by atoms with E-state index in [0.29, 0.717) is 29.7 Å². The number of phenols is 1. The van der Waals surface area contributed by atoms with Crippen LogP contribution in [0.2, 0.25) is 0 Å². The second-order valence-electron chi connectivity index (χ2n) is 7.10. The predicted octanol–water partition coefficient (Wildman–Crippen LogP) is 3.24. The van der Waals surface area contributed by atoms with Crippen LogP contribution in [-0.4, -0.2) is 35.2 Å². The smallest absolute Gasteiger partial charge is 0.120 e. The maximum Gasteiger partial charge on any atom is 0.120 e. The van der Waals surface area contributed by atoms with Crippen LogP contribution in [0.3, 0.4) is 0 Å². The van der Waals surface area contributed by atoms with E-state index in [4.69, 9.17) is 0 Å². The van der Waals surface area contributed by atoms with Gasteiger partial charge in [0.1, 0.15) is 5.75 Å². The lowest BCUT2D eigenvalue weighted by atomic mass is 9.94. The van der Waals surface area contributed by atoms with E-state index in [2.05, 4.69) is 37.9 Å². The van der Waals surface area contributed by atoms with Crippen molar-refractivity contribution in [2.75, 3.05) is 13.1 Å². The summed E-state index contributed by atoms with van der Waals surface area (Å²) in [7, 11) is 0. The molecule has 1 aromatic carbocycles. The number of nitrogens with zero attached hydrogens (tertiary/aromatic N) is 1. The van der Waals surface area contributed by atoms with Crippen LogP contribution in [0.4, 0.5) is 0 Å². The zero-order valence-corrected chi connectivity index (χ0v) is 13.8. The highest BCUT2D eigenvalue weighted by atomic mass is 16.3. The van der Waals surface area contributed by atoms with Crippen LogP contribution >= 0.6 is 0 Å². The molecule has 3 nitrogen and oxygen atoms in total. The summed E-state index contributed by atoms with van der Waals surface area (Å²) in [6.07, 6.45) is 1.21. The summed E-state index contributed by atoms with van der Waals surface area (Å²) in [6.45, 7) is 12.1. The van der Waals surface area contributed by atoms with E-state index in [1.165, 1.54) is 6.42 Å². The number of benzene rings is 1. The highest BCUT2D eigenvalue weighted by Gasteiger charge is 2.30. The number of nitrogens with one attached hydrogen (secondary N) is 1. The third-order valence-electron chi connectivity index (χ3n) is 4.43. The Morgan fingerprint density at radius 3 is 2.57 bits per heavy atom. The van der Waals surface area contributed by atoms with Crippen molar-refractivity contribution >= 4 is 0 Å². The van der Waals surface area contributed by atoms with Crippen molar-refractivity contribution < 1.29 is 5.11 Å². The van der Waals surface area contributed by atoms with Crippen molar-refractivity contribution in [3.8, 4) is 5.75 Å². The summed E-state index contributed by atoms with van der Waals surface area (Å²) >= 11 is 0. The summed E-state index contributed by atoms with van der Waals surface area (Å²) in [6, 6.07) is 8.81. The Kier molecular flexibility index (Phi) is 5.65. The highest BCUT2D eigenvalue weighted by molar-refractivity contribution is 5.31. The van der Waals surface area contributed by atoms with Crippen molar-refractivity contribution in [3.05, 3.63) is 29.8 Å². The molecule has 0 unspecified atom stereocenters. The van der Waals surface area contributed by atoms with Gasteiger partial charge in [0.05, 0.1) is 0 Å². The van der Waals surface area contributed by atoms with Gasteiger partial charge in [-0.15, -0.1) is 0 Å². The molecule has 0 saturated carbocycles. The van der Waals surface area contributed by atoms with Crippen molar-refractivity contribution in [1.29, 1.82) is 0 Å². The SMILES string of the molecule is CC(C)C[C@@H]1CN(Cc2ccccc2O)[C@@H](C(C)C)CN1. The van der Waals surface area contributed by atoms with E-state index in [-0.39, 0.29) is 0 Å². The second-order valence-corrected chi connectivity index (χ2v) is 7.10. The summed E-state index contributed by atoms with van der Waals surface area (Å²) in [4.78, 5) is 2.54. The maximum absolute atomic E-state index is 10.0. The Bertz CT molecular complexity index is 445. The van der Waals surface area contributed by atoms with Crippen molar-refractivity contribution in [2.24, 2.45) is 11.8 Å². The lowest BCUT2D eigenvalue weighted by Gasteiger charge is -2.43. The first-order chi connectivity index (χ1) is 9.97. The Morgan fingerprint density at radius 2 is 1.95 bits per heavy atom. The van der Waals surface area contributed by atoms with E-state index < -0.39 is 0 Å². The Balaban J connectivity index is 2.09. The minimum atomic E-state index is 0.416. The lowest BCUT2D eigenvalue weighted by molar-refractivity contribution is 0.0844. The summed E-state index contributed by atoms with van der Waals surface area (Å²) in [5.74, 6) is 1.74. The van der Waals surface area contributed by atoms with Crippen molar-refractivity contribution in [3.63, 3.8) is 0 Å². The van der Waals surface area contributed by atoms with Crippen LogP contribution in [0, 0.1) is 11.8 Å². The third kappa shape index (κ3) is 4.45. The van der Waals surface area contributed by atoms with E-state index in [9.17, 15) is 5.11 Å². The van der Waals surface area contributed by atoms with E-state index in [0.717, 1.165) is 25.2 Å². The van der Waals surface area contributed by atoms with Crippen LogP contribution in [0.15, 0.2) is 24.3 Å². The second kappa shape index (κ2) is 7.28. The van der Waals surface area contributed by atoms with Crippen LogP contribution in [0.5, 0.6) is 5.75 Å². The molecule has 0 amide bonds. The highest BCUT2D eigenvalue weighted by Crippen LogP contribution is 2.24. The number of hydrogen-bond acceptors (Lipinski definition) is 3. The van der Waals surface area contributed by atoms with Crippen LogP contribution in [-0.2, 0) is 6.54 Å². The molecule has 0 spiro atoms. The number of phenolic OH excluding ortho intramolecular Hbond substituents is 1. The first-order valence-electron chi connectivity index (χ1n) is 8.21. The van der Waals surface area contributed by atoms with Gasteiger partial charge in [-0.05, 0) is 24.3 Å². The van der Waals surface area contributed by atoms with E-state index in [1.54, 1.807) is 6.07 Å². The number of piperazine rings is 1. The standard InChI is InChI=1S/C18H30N2O/c1-13(2)9-16-12-20(17(10-19-16)14(3)4)11-15-7-5-6-8-18(15)21/h5-8,13-14,16-17,19,21H,9-12H2,1-4H3/t16-,17-/m1/s1. The molecule has 1 saturated heterocycles. The van der Waals surface area contributed by atoms with Gasteiger partial charge in [-0.25, -0.2) is 0 Å². The molecule has 1 heterocycles. The van der Waals surface area contributed by atoms with E-state index in [1.807, 2.05) is 18.2 Å². The molecule has 3 heteroatoms. The fourth-order valence-corrected chi connectivity index (χ4v) is 3.33. The average molecular weight is 290 g/mol. The Morgan fingerprint density at radius 1 is 1.24 bits per heavy atom. The zero-order valence-electron chi connectivity index (χ0n) is 13.8. The molecule has 1 aliphatic heterocycles. The molecule has 2 atom stereocenters. The molecule has 118 valence electrons.